The van der Waals surface area contributed by atoms with Crippen molar-refractivity contribution in [2.24, 2.45) is 23.2 Å². The maximum atomic E-state index is 14.4. The second kappa shape index (κ2) is 17.2. The molecule has 5 amide bonds. The molecular formula is C39H59N9O6. The standard InChI is InChI=1S/C39H59N9O6/c1-11-15-27(32(50)36(53)40-26-18-19-26)41-35(52)31-24(5)23(4)21-47(31)37(54)33(38(6,7)8)43-34(51)30(22(2)3)42-29(49)20-28-44-46-48(45-28)39(9,10)25-16-13-12-14-17-25/h12-14,16-17,22-24,26-27,30-31,33H,11,15,18-21H2,1-10H3,(H,40,53)(H,41,52)(H,42,49)(H,43,51)/t23-,24-,27?,30-,31-,33-/m0/s1. The molecule has 2 aromatic rings. The average molecular weight is 750 g/mol. The van der Waals surface area contributed by atoms with E-state index in [1.165, 1.54) is 9.70 Å². The molecule has 1 aromatic heterocycles. The van der Waals surface area contributed by atoms with Crippen molar-refractivity contribution in [2.75, 3.05) is 6.54 Å². The molecule has 1 unspecified atom stereocenters. The number of amides is 5. The Labute approximate surface area is 318 Å². The number of hydrogen-bond donors (Lipinski definition) is 4. The number of nitrogens with one attached hydrogen (secondary N) is 4. The molecule has 6 atom stereocenters. The summed E-state index contributed by atoms with van der Waals surface area (Å²) < 4.78 is 0. The first-order chi connectivity index (χ1) is 25.3. The highest BCUT2D eigenvalue weighted by Crippen LogP contribution is 2.33. The lowest BCUT2D eigenvalue weighted by molar-refractivity contribution is -0.146. The Morgan fingerprint density at radius 1 is 0.926 bits per heavy atom. The summed E-state index contributed by atoms with van der Waals surface area (Å²) in [7, 11) is 0. The number of ketones is 1. The van der Waals surface area contributed by atoms with Crippen LogP contribution in [0.4, 0.5) is 0 Å². The highest BCUT2D eigenvalue weighted by atomic mass is 16.2. The second-order valence-corrected chi connectivity index (χ2v) is 16.9. The summed E-state index contributed by atoms with van der Waals surface area (Å²) in [6.45, 7) is 18.9. The van der Waals surface area contributed by atoms with E-state index in [2.05, 4.69) is 36.7 Å². The predicted molar refractivity (Wildman–Crippen MR) is 201 cm³/mol. The number of carbonyl (C=O) groups is 6. The van der Waals surface area contributed by atoms with E-state index in [0.29, 0.717) is 6.42 Å². The van der Waals surface area contributed by atoms with E-state index < -0.39 is 70.4 Å². The summed E-state index contributed by atoms with van der Waals surface area (Å²) >= 11 is 0. The van der Waals surface area contributed by atoms with Crippen LogP contribution in [0, 0.1) is 23.2 Å². The number of likely N-dealkylation sites (tertiary alicyclic amines) is 1. The third kappa shape index (κ3) is 10.1. The maximum Gasteiger partial charge on any atom is 0.289 e. The lowest BCUT2D eigenvalue weighted by Crippen LogP contribution is -2.62. The summed E-state index contributed by atoms with van der Waals surface area (Å²) in [5.74, 6) is -3.91. The quantitative estimate of drug-likeness (QED) is 0.186. The SMILES string of the molecule is CCCC(NC(=O)[C@@H]1[C@@H](C)[C@@H](C)CN1C(=O)[C@H](NC(=O)[C@@H](NC(=O)Cc1nnn(C(C)(C)c2ccccc2)n1)C(C)C)C(C)(C)C)C(=O)C(=O)NC1CC1. The van der Waals surface area contributed by atoms with E-state index in [0.717, 1.165) is 18.4 Å². The van der Waals surface area contributed by atoms with E-state index in [1.807, 2.05) is 85.7 Å². The van der Waals surface area contributed by atoms with Crippen LogP contribution in [0.15, 0.2) is 30.3 Å². The summed E-state index contributed by atoms with van der Waals surface area (Å²) in [5, 5.41) is 23.9. The summed E-state index contributed by atoms with van der Waals surface area (Å²) in [6, 6.07) is 5.67. The van der Waals surface area contributed by atoms with Gasteiger partial charge in [-0.1, -0.05) is 92.1 Å². The van der Waals surface area contributed by atoms with Gasteiger partial charge in [-0.15, -0.1) is 10.2 Å². The minimum atomic E-state index is -1.06. The molecule has 2 aliphatic rings. The lowest BCUT2D eigenvalue weighted by atomic mass is 9.85. The first kappa shape index (κ1) is 42.1. The van der Waals surface area contributed by atoms with Gasteiger partial charge in [0.05, 0.1) is 12.5 Å². The first-order valence-electron chi connectivity index (χ1n) is 19.2. The van der Waals surface area contributed by atoms with E-state index >= 15 is 0 Å². The Kier molecular flexibility index (Phi) is 13.4. The van der Waals surface area contributed by atoms with Crippen molar-refractivity contribution < 1.29 is 28.8 Å². The highest BCUT2D eigenvalue weighted by molar-refractivity contribution is 6.38. The fourth-order valence-corrected chi connectivity index (χ4v) is 6.71. The third-order valence-corrected chi connectivity index (χ3v) is 10.5. The van der Waals surface area contributed by atoms with Crippen LogP contribution in [0.5, 0.6) is 0 Å². The number of Topliss-reactive ketones (excluding diaryl/α,β-unsaturated/α-hetero) is 1. The van der Waals surface area contributed by atoms with Gasteiger partial charge in [0, 0.05) is 12.6 Å². The minimum Gasteiger partial charge on any atom is -0.347 e. The van der Waals surface area contributed by atoms with Crippen molar-refractivity contribution in [1.29, 1.82) is 0 Å². The molecule has 2 heterocycles. The number of carbonyl (C=O) groups excluding carboxylic acids is 6. The molecule has 0 bridgehead atoms. The fraction of sp³-hybridized carbons (Fsp3) is 0.667. The molecule has 15 heteroatoms. The van der Waals surface area contributed by atoms with E-state index in [9.17, 15) is 28.8 Å². The Morgan fingerprint density at radius 2 is 1.57 bits per heavy atom. The van der Waals surface area contributed by atoms with Crippen LogP contribution in [0.25, 0.3) is 0 Å². The Hall–Kier alpha value is -4.69. The largest absolute Gasteiger partial charge is 0.347 e. The molecule has 4 N–H and O–H groups in total. The van der Waals surface area contributed by atoms with Crippen LogP contribution in [-0.2, 0) is 40.7 Å². The Morgan fingerprint density at radius 3 is 2.15 bits per heavy atom. The van der Waals surface area contributed by atoms with Crippen LogP contribution >= 0.6 is 0 Å². The molecule has 1 aliphatic carbocycles. The summed E-state index contributed by atoms with van der Waals surface area (Å²) in [4.78, 5) is 84.2. The number of benzene rings is 1. The van der Waals surface area contributed by atoms with Crippen LogP contribution in [-0.4, -0.2) is 97.2 Å². The van der Waals surface area contributed by atoms with Gasteiger partial charge in [-0.3, -0.25) is 28.8 Å². The molecule has 1 aromatic carbocycles. The number of rotatable bonds is 16. The van der Waals surface area contributed by atoms with Crippen molar-refractivity contribution in [3.8, 4) is 0 Å². The molecule has 4 rings (SSSR count). The van der Waals surface area contributed by atoms with E-state index in [-0.39, 0.29) is 49.0 Å². The molecule has 2 fully saturated rings. The van der Waals surface area contributed by atoms with Gasteiger partial charge >= 0.3 is 0 Å². The van der Waals surface area contributed by atoms with Gasteiger partial charge in [-0.05, 0) is 67.1 Å². The lowest BCUT2D eigenvalue weighted by Gasteiger charge is -2.37. The molecule has 0 spiro atoms. The van der Waals surface area contributed by atoms with Gasteiger partial charge in [-0.2, -0.15) is 4.80 Å². The number of aromatic nitrogens is 4. The number of hydrogen-bond acceptors (Lipinski definition) is 9. The topological polar surface area (TPSA) is 197 Å². The van der Waals surface area contributed by atoms with Crippen molar-refractivity contribution in [3.05, 3.63) is 41.7 Å². The van der Waals surface area contributed by atoms with Crippen molar-refractivity contribution in [3.63, 3.8) is 0 Å². The minimum absolute atomic E-state index is 0.00618. The molecule has 54 heavy (non-hydrogen) atoms. The molecule has 0 radical (unpaired) electrons. The smallest absolute Gasteiger partial charge is 0.289 e. The van der Waals surface area contributed by atoms with Gasteiger partial charge in [0.15, 0.2) is 5.82 Å². The summed E-state index contributed by atoms with van der Waals surface area (Å²) in [6.07, 6.45) is 2.26. The fourth-order valence-electron chi connectivity index (χ4n) is 6.71. The average Bonchev–Trinajstić information content (AvgIpc) is 3.70. The second-order valence-electron chi connectivity index (χ2n) is 16.9. The molecular weight excluding hydrogens is 690 g/mol. The zero-order valence-corrected chi connectivity index (χ0v) is 33.4. The van der Waals surface area contributed by atoms with Gasteiger partial charge in [0.25, 0.3) is 5.91 Å². The van der Waals surface area contributed by atoms with Crippen molar-refractivity contribution in [1.82, 2.24) is 46.4 Å². The van der Waals surface area contributed by atoms with Gasteiger partial charge < -0.3 is 26.2 Å². The van der Waals surface area contributed by atoms with Crippen LogP contribution < -0.4 is 21.3 Å². The first-order valence-corrected chi connectivity index (χ1v) is 19.2. The third-order valence-electron chi connectivity index (χ3n) is 10.5. The molecule has 1 saturated heterocycles. The van der Waals surface area contributed by atoms with Gasteiger partial charge in [-0.25, -0.2) is 0 Å². The van der Waals surface area contributed by atoms with Crippen molar-refractivity contribution >= 4 is 35.3 Å². The van der Waals surface area contributed by atoms with E-state index in [4.69, 9.17) is 0 Å². The number of tetrazole rings is 1. The monoisotopic (exact) mass is 749 g/mol. The van der Waals surface area contributed by atoms with Crippen molar-refractivity contribution in [2.45, 2.75) is 137 Å². The van der Waals surface area contributed by atoms with E-state index in [1.54, 1.807) is 13.8 Å². The van der Waals surface area contributed by atoms with Crippen LogP contribution in [0.3, 0.4) is 0 Å². The Balaban J connectivity index is 1.47. The Bertz CT molecular complexity index is 1680. The molecule has 296 valence electrons. The molecule has 1 saturated carbocycles. The zero-order chi connectivity index (χ0) is 40.1. The molecule has 15 nitrogen and oxygen atoms in total. The van der Waals surface area contributed by atoms with Crippen LogP contribution in [0.1, 0.15) is 106 Å². The maximum absolute atomic E-state index is 14.4. The summed E-state index contributed by atoms with van der Waals surface area (Å²) in [5.41, 5.74) is -0.445. The zero-order valence-electron chi connectivity index (χ0n) is 33.4. The van der Waals surface area contributed by atoms with Crippen LogP contribution in [0.2, 0.25) is 0 Å². The highest BCUT2D eigenvalue weighted by Gasteiger charge is 2.48. The normalized spacial score (nSPS) is 20.5. The predicted octanol–water partition coefficient (Wildman–Crippen LogP) is 2.29. The van der Waals surface area contributed by atoms with Gasteiger partial charge in [0.2, 0.25) is 29.4 Å². The van der Waals surface area contributed by atoms with Gasteiger partial charge in [0.1, 0.15) is 23.7 Å². The molecule has 1 aliphatic heterocycles. The number of nitrogens with zero attached hydrogens (tertiary/aromatic N) is 5.